The molecular formula is C24H33IN4O3. The lowest BCUT2D eigenvalue weighted by Gasteiger charge is -2.29. The van der Waals surface area contributed by atoms with E-state index in [4.69, 9.17) is 9.47 Å². The Morgan fingerprint density at radius 1 is 1.09 bits per heavy atom. The maximum Gasteiger partial charge on any atom is 0.341 e. The van der Waals surface area contributed by atoms with Crippen molar-refractivity contribution in [2.75, 3.05) is 40.9 Å². The smallest absolute Gasteiger partial charge is 0.341 e. The molecule has 2 aromatic carbocycles. The number of aliphatic imine (C=N–C) groups is 1. The van der Waals surface area contributed by atoms with Gasteiger partial charge in [-0.05, 0) is 49.2 Å². The number of ether oxygens (including phenoxy) is 2. The zero-order chi connectivity index (χ0) is 22.1. The fraction of sp³-hybridized carbons (Fsp3) is 0.417. The Bertz CT molecular complexity index is 886. The molecule has 1 aliphatic rings. The molecule has 1 saturated heterocycles. The summed E-state index contributed by atoms with van der Waals surface area (Å²) >= 11 is 0. The predicted octanol–water partition coefficient (Wildman–Crippen LogP) is 3.60. The molecule has 2 N–H and O–H groups in total. The molecule has 1 fully saturated rings. The molecule has 1 unspecified atom stereocenters. The van der Waals surface area contributed by atoms with Crippen molar-refractivity contribution >= 4 is 35.9 Å². The third kappa shape index (κ3) is 6.83. The number of likely N-dealkylation sites (tertiary alicyclic amines) is 1. The summed E-state index contributed by atoms with van der Waals surface area (Å²) in [6, 6.07) is 16.4. The lowest BCUT2D eigenvalue weighted by atomic mass is 10.1. The second-order valence-electron chi connectivity index (χ2n) is 7.50. The number of halogens is 1. The van der Waals surface area contributed by atoms with Crippen LogP contribution in [-0.2, 0) is 11.3 Å². The minimum absolute atomic E-state index is 0. The van der Waals surface area contributed by atoms with E-state index in [1.54, 1.807) is 19.2 Å². The van der Waals surface area contributed by atoms with Gasteiger partial charge in [0.1, 0.15) is 11.3 Å². The molecule has 0 saturated carbocycles. The SMILES string of the molecule is CN=C(NCc1ccc(OC)c(C(=O)OC)c1)NCC(c1ccccc1)N1CCCC1.I. The van der Waals surface area contributed by atoms with Gasteiger partial charge in [-0.25, -0.2) is 4.79 Å². The van der Waals surface area contributed by atoms with Crippen LogP contribution in [0, 0.1) is 0 Å². The van der Waals surface area contributed by atoms with Gasteiger partial charge in [0.15, 0.2) is 5.96 Å². The predicted molar refractivity (Wildman–Crippen MR) is 138 cm³/mol. The van der Waals surface area contributed by atoms with E-state index in [0.29, 0.717) is 23.9 Å². The van der Waals surface area contributed by atoms with Gasteiger partial charge < -0.3 is 20.1 Å². The molecule has 1 aliphatic heterocycles. The first-order valence-electron chi connectivity index (χ1n) is 10.6. The number of rotatable bonds is 8. The molecule has 0 bridgehead atoms. The van der Waals surface area contributed by atoms with Crippen LogP contribution in [0.2, 0.25) is 0 Å². The Hall–Kier alpha value is -2.33. The van der Waals surface area contributed by atoms with Crippen molar-refractivity contribution in [1.82, 2.24) is 15.5 Å². The monoisotopic (exact) mass is 552 g/mol. The summed E-state index contributed by atoms with van der Waals surface area (Å²) in [5.74, 6) is 0.794. The number of hydrogen-bond donors (Lipinski definition) is 2. The number of esters is 1. The molecule has 0 spiro atoms. The third-order valence-corrected chi connectivity index (χ3v) is 5.58. The summed E-state index contributed by atoms with van der Waals surface area (Å²) in [5, 5.41) is 6.80. The van der Waals surface area contributed by atoms with Gasteiger partial charge in [0.25, 0.3) is 0 Å². The summed E-state index contributed by atoms with van der Waals surface area (Å²) in [5.41, 5.74) is 2.65. The highest BCUT2D eigenvalue weighted by atomic mass is 127. The Morgan fingerprint density at radius 2 is 1.81 bits per heavy atom. The highest BCUT2D eigenvalue weighted by Gasteiger charge is 2.23. The van der Waals surface area contributed by atoms with E-state index < -0.39 is 5.97 Å². The number of nitrogens with one attached hydrogen (secondary N) is 2. The number of methoxy groups -OCH3 is 2. The minimum atomic E-state index is -0.419. The van der Waals surface area contributed by atoms with E-state index in [2.05, 4.69) is 50.9 Å². The summed E-state index contributed by atoms with van der Waals surface area (Å²) in [6.45, 7) is 3.53. The molecular weight excluding hydrogens is 519 g/mol. The topological polar surface area (TPSA) is 75.2 Å². The molecule has 1 atom stereocenters. The van der Waals surface area contributed by atoms with Crippen molar-refractivity contribution in [3.8, 4) is 5.75 Å². The first-order chi connectivity index (χ1) is 15.2. The zero-order valence-electron chi connectivity index (χ0n) is 19.0. The number of hydrogen-bond acceptors (Lipinski definition) is 5. The second-order valence-corrected chi connectivity index (χ2v) is 7.50. The van der Waals surface area contributed by atoms with Crippen molar-refractivity contribution in [3.63, 3.8) is 0 Å². The van der Waals surface area contributed by atoms with E-state index in [-0.39, 0.29) is 24.0 Å². The summed E-state index contributed by atoms with van der Waals surface area (Å²) in [4.78, 5) is 18.9. The number of carbonyl (C=O) groups excluding carboxylic acids is 1. The molecule has 0 radical (unpaired) electrons. The maximum absolute atomic E-state index is 12.0. The molecule has 174 valence electrons. The molecule has 8 heteroatoms. The zero-order valence-corrected chi connectivity index (χ0v) is 21.3. The first-order valence-corrected chi connectivity index (χ1v) is 10.6. The third-order valence-electron chi connectivity index (χ3n) is 5.58. The highest BCUT2D eigenvalue weighted by Crippen LogP contribution is 2.24. The normalized spacial score (nSPS) is 14.9. The summed E-state index contributed by atoms with van der Waals surface area (Å²) < 4.78 is 10.1. The van der Waals surface area contributed by atoms with Crippen LogP contribution in [0.25, 0.3) is 0 Å². The van der Waals surface area contributed by atoms with Crippen LogP contribution in [-0.4, -0.2) is 57.7 Å². The van der Waals surface area contributed by atoms with Crippen LogP contribution in [0.3, 0.4) is 0 Å². The average molecular weight is 552 g/mol. The molecule has 2 aromatic rings. The van der Waals surface area contributed by atoms with Crippen molar-refractivity contribution in [3.05, 3.63) is 65.2 Å². The number of benzene rings is 2. The van der Waals surface area contributed by atoms with Gasteiger partial charge in [0, 0.05) is 20.1 Å². The van der Waals surface area contributed by atoms with Gasteiger partial charge in [0.2, 0.25) is 0 Å². The molecule has 0 amide bonds. The van der Waals surface area contributed by atoms with Crippen molar-refractivity contribution in [2.45, 2.75) is 25.4 Å². The van der Waals surface area contributed by atoms with Gasteiger partial charge >= 0.3 is 5.97 Å². The van der Waals surface area contributed by atoms with Crippen LogP contribution in [0.15, 0.2) is 53.5 Å². The molecule has 1 heterocycles. The number of carbonyl (C=O) groups is 1. The Balaban J connectivity index is 0.00000363. The van der Waals surface area contributed by atoms with Crippen LogP contribution in [0.5, 0.6) is 5.75 Å². The lowest BCUT2D eigenvalue weighted by Crippen LogP contribution is -2.42. The van der Waals surface area contributed by atoms with Gasteiger partial charge in [-0.1, -0.05) is 36.4 Å². The van der Waals surface area contributed by atoms with Crippen LogP contribution in [0.4, 0.5) is 0 Å². The van der Waals surface area contributed by atoms with Gasteiger partial charge in [-0.2, -0.15) is 0 Å². The Morgan fingerprint density at radius 3 is 2.44 bits per heavy atom. The number of nitrogens with zero attached hydrogens (tertiary/aromatic N) is 2. The fourth-order valence-electron chi connectivity index (χ4n) is 3.92. The van der Waals surface area contributed by atoms with Gasteiger partial charge in [-0.15, -0.1) is 24.0 Å². The maximum atomic E-state index is 12.0. The highest BCUT2D eigenvalue weighted by molar-refractivity contribution is 14.0. The van der Waals surface area contributed by atoms with E-state index in [0.717, 1.165) is 31.2 Å². The fourth-order valence-corrected chi connectivity index (χ4v) is 3.92. The summed E-state index contributed by atoms with van der Waals surface area (Å²) in [7, 11) is 4.66. The average Bonchev–Trinajstić information content (AvgIpc) is 3.35. The molecule has 32 heavy (non-hydrogen) atoms. The molecule has 7 nitrogen and oxygen atoms in total. The second kappa shape index (κ2) is 13.3. The quantitative estimate of drug-likeness (QED) is 0.226. The van der Waals surface area contributed by atoms with Crippen LogP contribution >= 0.6 is 24.0 Å². The molecule has 0 aromatic heterocycles. The lowest BCUT2D eigenvalue weighted by molar-refractivity contribution is 0.0597. The van der Waals surface area contributed by atoms with E-state index in [1.165, 1.54) is 32.6 Å². The van der Waals surface area contributed by atoms with Crippen molar-refractivity contribution in [1.29, 1.82) is 0 Å². The number of guanidine groups is 1. The first kappa shape index (κ1) is 25.9. The van der Waals surface area contributed by atoms with Gasteiger partial charge in [-0.3, -0.25) is 9.89 Å². The van der Waals surface area contributed by atoms with Crippen LogP contribution in [0.1, 0.15) is 40.4 Å². The van der Waals surface area contributed by atoms with E-state index >= 15 is 0 Å². The van der Waals surface area contributed by atoms with Crippen molar-refractivity contribution < 1.29 is 14.3 Å². The molecule has 0 aliphatic carbocycles. The largest absolute Gasteiger partial charge is 0.496 e. The van der Waals surface area contributed by atoms with E-state index in [1.807, 2.05) is 6.07 Å². The molecule has 3 rings (SSSR count). The van der Waals surface area contributed by atoms with E-state index in [9.17, 15) is 4.79 Å². The Kier molecular flexibility index (Phi) is 10.8. The van der Waals surface area contributed by atoms with Crippen LogP contribution < -0.4 is 15.4 Å². The van der Waals surface area contributed by atoms with Crippen molar-refractivity contribution in [2.24, 2.45) is 4.99 Å². The standard InChI is InChI=1S/C24H32N4O3.HI/c1-25-24(26-16-18-11-12-22(30-2)20(15-18)23(29)31-3)27-17-21(28-13-7-8-14-28)19-9-5-4-6-10-19;/h4-6,9-12,15,21H,7-8,13-14,16-17H2,1-3H3,(H2,25,26,27);1H. The minimum Gasteiger partial charge on any atom is -0.496 e. The summed E-state index contributed by atoms with van der Waals surface area (Å²) in [6.07, 6.45) is 2.49. The Labute approximate surface area is 207 Å². The van der Waals surface area contributed by atoms with Gasteiger partial charge in [0.05, 0.1) is 20.3 Å².